The number of halogens is 1. The number of nitrogens with zero attached hydrogens (tertiary/aromatic N) is 3. The van der Waals surface area contributed by atoms with E-state index in [1.54, 1.807) is 4.90 Å². The molecule has 1 saturated heterocycles. The number of esters is 1. The van der Waals surface area contributed by atoms with Crippen LogP contribution in [0.25, 0.3) is 0 Å². The highest BCUT2D eigenvalue weighted by atomic mass is 35.5. The number of hydrogen-bond acceptors (Lipinski definition) is 6. The van der Waals surface area contributed by atoms with Crippen molar-refractivity contribution in [2.24, 2.45) is 0 Å². The van der Waals surface area contributed by atoms with Gasteiger partial charge >= 0.3 is 5.97 Å². The molecule has 0 saturated carbocycles. The summed E-state index contributed by atoms with van der Waals surface area (Å²) in [4.78, 5) is 29.5. The minimum Gasteiger partial charge on any atom is -0.452 e. The fourth-order valence-corrected chi connectivity index (χ4v) is 6.66. The van der Waals surface area contributed by atoms with Crippen molar-refractivity contribution in [3.05, 3.63) is 88.9 Å². The lowest BCUT2D eigenvalue weighted by molar-refractivity contribution is -0.122. The largest absolute Gasteiger partial charge is 0.452 e. The van der Waals surface area contributed by atoms with Gasteiger partial charge in [0, 0.05) is 43.6 Å². The Morgan fingerprint density at radius 1 is 0.947 bits per heavy atom. The van der Waals surface area contributed by atoms with Gasteiger partial charge in [-0.3, -0.25) is 4.79 Å². The number of anilines is 2. The van der Waals surface area contributed by atoms with E-state index in [2.05, 4.69) is 4.90 Å². The summed E-state index contributed by atoms with van der Waals surface area (Å²) in [6, 6.07) is 21.4. The molecular formula is C28H28ClN3O5S. The lowest BCUT2D eigenvalue weighted by Gasteiger charge is -2.35. The Bertz CT molecular complexity index is 1460. The number of benzene rings is 3. The Kier molecular flexibility index (Phi) is 7.43. The molecule has 0 spiro atoms. The highest BCUT2D eigenvalue weighted by Crippen LogP contribution is 2.32. The van der Waals surface area contributed by atoms with E-state index < -0.39 is 22.6 Å². The van der Waals surface area contributed by atoms with Gasteiger partial charge in [-0.2, -0.15) is 4.31 Å². The molecule has 1 amide bonds. The minimum absolute atomic E-state index is 0.0459. The van der Waals surface area contributed by atoms with Gasteiger partial charge in [0.15, 0.2) is 6.61 Å². The van der Waals surface area contributed by atoms with Crippen molar-refractivity contribution in [3.63, 3.8) is 0 Å². The third kappa shape index (κ3) is 5.14. The SMILES string of the molecule is C[C@@H]1Cc2ccccc2N1C(=O)COC(=O)c1cc(S(=O)(=O)N2CCN(c3ccccc3)CC2)ccc1Cl. The molecular weight excluding hydrogens is 526 g/mol. The molecule has 3 aromatic rings. The molecule has 0 aromatic heterocycles. The zero-order valence-corrected chi connectivity index (χ0v) is 22.5. The number of amides is 1. The molecule has 10 heteroatoms. The van der Waals surface area contributed by atoms with Crippen LogP contribution in [-0.2, 0) is 26.0 Å². The third-order valence-electron chi connectivity index (χ3n) is 6.96. The maximum atomic E-state index is 13.4. The van der Waals surface area contributed by atoms with Crippen LogP contribution in [0.4, 0.5) is 11.4 Å². The first-order valence-corrected chi connectivity index (χ1v) is 14.2. The Balaban J connectivity index is 1.25. The molecule has 38 heavy (non-hydrogen) atoms. The van der Waals surface area contributed by atoms with Gasteiger partial charge < -0.3 is 14.5 Å². The number of fused-ring (bicyclic) bond motifs is 1. The third-order valence-corrected chi connectivity index (χ3v) is 9.18. The van der Waals surface area contributed by atoms with E-state index in [1.165, 1.54) is 22.5 Å². The van der Waals surface area contributed by atoms with Crippen LogP contribution in [0.3, 0.4) is 0 Å². The van der Waals surface area contributed by atoms with E-state index in [4.69, 9.17) is 16.3 Å². The highest BCUT2D eigenvalue weighted by Gasteiger charge is 2.32. The van der Waals surface area contributed by atoms with Crippen LogP contribution >= 0.6 is 11.6 Å². The average Bonchev–Trinajstić information content (AvgIpc) is 3.28. The molecule has 0 N–H and O–H groups in total. The number of rotatable bonds is 6. The Hall–Kier alpha value is -3.40. The van der Waals surface area contributed by atoms with Gasteiger partial charge in [0.05, 0.1) is 15.5 Å². The van der Waals surface area contributed by atoms with Crippen LogP contribution < -0.4 is 9.80 Å². The number of ether oxygens (including phenoxy) is 1. The van der Waals surface area contributed by atoms with Crippen molar-refractivity contribution in [3.8, 4) is 0 Å². The Labute approximate surface area is 227 Å². The molecule has 0 unspecified atom stereocenters. The van der Waals surface area contributed by atoms with Gasteiger partial charge in [-0.15, -0.1) is 0 Å². The van der Waals surface area contributed by atoms with Gasteiger partial charge in [0.1, 0.15) is 0 Å². The number of carbonyl (C=O) groups is 2. The molecule has 2 aliphatic heterocycles. The van der Waals surface area contributed by atoms with Gasteiger partial charge in [0.25, 0.3) is 5.91 Å². The van der Waals surface area contributed by atoms with Crippen LogP contribution in [0.5, 0.6) is 0 Å². The smallest absolute Gasteiger partial charge is 0.340 e. The summed E-state index contributed by atoms with van der Waals surface area (Å²) in [6.07, 6.45) is 0.723. The summed E-state index contributed by atoms with van der Waals surface area (Å²) in [5.41, 5.74) is 2.81. The molecule has 1 atom stereocenters. The minimum atomic E-state index is -3.86. The summed E-state index contributed by atoms with van der Waals surface area (Å²) in [7, 11) is -3.86. The fourth-order valence-electron chi connectivity index (χ4n) is 5.02. The summed E-state index contributed by atoms with van der Waals surface area (Å²) in [6.45, 7) is 3.17. The van der Waals surface area contributed by atoms with Gasteiger partial charge in [-0.05, 0) is 55.3 Å². The van der Waals surface area contributed by atoms with Gasteiger partial charge in [0.2, 0.25) is 10.0 Å². The van der Waals surface area contributed by atoms with Crippen molar-refractivity contribution < 1.29 is 22.7 Å². The molecule has 0 bridgehead atoms. The first-order valence-electron chi connectivity index (χ1n) is 12.4. The van der Waals surface area contributed by atoms with E-state index >= 15 is 0 Å². The maximum absolute atomic E-state index is 13.4. The molecule has 2 heterocycles. The zero-order chi connectivity index (χ0) is 26.9. The van der Waals surface area contributed by atoms with Crippen molar-refractivity contribution >= 4 is 44.9 Å². The van der Waals surface area contributed by atoms with Crippen LogP contribution in [0.1, 0.15) is 22.8 Å². The second-order valence-electron chi connectivity index (χ2n) is 9.39. The normalized spacial score (nSPS) is 17.8. The molecule has 198 valence electrons. The number of para-hydroxylation sites is 2. The Morgan fingerprint density at radius 2 is 1.63 bits per heavy atom. The molecule has 0 radical (unpaired) electrons. The first kappa shape index (κ1) is 26.2. The molecule has 1 fully saturated rings. The van der Waals surface area contributed by atoms with E-state index in [-0.39, 0.29) is 27.4 Å². The number of piperazine rings is 1. The molecule has 5 rings (SSSR count). The fraction of sp³-hybridized carbons (Fsp3) is 0.286. The number of sulfonamides is 1. The van der Waals surface area contributed by atoms with Gasteiger partial charge in [-0.25, -0.2) is 13.2 Å². The lowest BCUT2D eigenvalue weighted by atomic mass is 10.1. The lowest BCUT2D eigenvalue weighted by Crippen LogP contribution is -2.48. The van der Waals surface area contributed by atoms with Crippen LogP contribution in [0.2, 0.25) is 5.02 Å². The van der Waals surface area contributed by atoms with Crippen LogP contribution in [-0.4, -0.2) is 63.4 Å². The van der Waals surface area contributed by atoms with Crippen molar-refractivity contribution in [2.45, 2.75) is 24.3 Å². The second kappa shape index (κ2) is 10.8. The van der Waals surface area contributed by atoms with Crippen molar-refractivity contribution in [2.75, 3.05) is 42.6 Å². The van der Waals surface area contributed by atoms with Crippen molar-refractivity contribution in [1.82, 2.24) is 4.31 Å². The predicted octanol–water partition coefficient (Wildman–Crippen LogP) is 3.99. The van der Waals surface area contributed by atoms with E-state index in [1.807, 2.05) is 61.5 Å². The monoisotopic (exact) mass is 553 g/mol. The summed E-state index contributed by atoms with van der Waals surface area (Å²) in [5.74, 6) is -1.21. The maximum Gasteiger partial charge on any atom is 0.340 e. The second-order valence-corrected chi connectivity index (χ2v) is 11.7. The van der Waals surface area contributed by atoms with Crippen molar-refractivity contribution in [1.29, 1.82) is 0 Å². The summed E-state index contributed by atoms with van der Waals surface area (Å²) in [5, 5.41) is 0.0511. The number of carbonyl (C=O) groups excluding carboxylic acids is 2. The topological polar surface area (TPSA) is 87.2 Å². The Morgan fingerprint density at radius 3 is 2.37 bits per heavy atom. The van der Waals surface area contributed by atoms with Crippen LogP contribution in [0.15, 0.2) is 77.7 Å². The zero-order valence-electron chi connectivity index (χ0n) is 20.9. The summed E-state index contributed by atoms with van der Waals surface area (Å²) < 4.78 is 33.4. The van der Waals surface area contributed by atoms with Gasteiger partial charge in [-0.1, -0.05) is 48.0 Å². The van der Waals surface area contributed by atoms with E-state index in [9.17, 15) is 18.0 Å². The standard InChI is InChI=1S/C28H28ClN3O5S/c1-20-17-21-7-5-6-10-26(21)32(20)27(33)19-37-28(34)24-18-23(11-12-25(24)29)38(35,36)31-15-13-30(14-16-31)22-8-3-2-4-9-22/h2-12,18,20H,13-17,19H2,1H3/t20-/m1/s1. The molecule has 2 aliphatic rings. The first-order chi connectivity index (χ1) is 18.3. The molecule has 8 nitrogen and oxygen atoms in total. The quantitative estimate of drug-likeness (QED) is 0.429. The number of hydrogen-bond donors (Lipinski definition) is 0. The van der Waals surface area contributed by atoms with Crippen LogP contribution in [0, 0.1) is 0 Å². The van der Waals surface area contributed by atoms with E-state index in [0.717, 1.165) is 23.4 Å². The molecule has 0 aliphatic carbocycles. The summed E-state index contributed by atoms with van der Waals surface area (Å²) >= 11 is 6.24. The molecule has 3 aromatic carbocycles. The predicted molar refractivity (Wildman–Crippen MR) is 146 cm³/mol. The average molecular weight is 554 g/mol. The van der Waals surface area contributed by atoms with E-state index in [0.29, 0.717) is 26.2 Å². The highest BCUT2D eigenvalue weighted by molar-refractivity contribution is 7.89.